The van der Waals surface area contributed by atoms with Gasteiger partial charge in [-0.05, 0) is 73.6 Å². The first-order valence-corrected chi connectivity index (χ1v) is 11.1. The van der Waals surface area contributed by atoms with Gasteiger partial charge in [-0.2, -0.15) is 0 Å². The molecule has 0 aromatic heterocycles. The van der Waals surface area contributed by atoms with E-state index >= 15 is 0 Å². The van der Waals surface area contributed by atoms with E-state index in [1.165, 1.54) is 17.5 Å². The molecule has 5 nitrogen and oxygen atoms in total. The van der Waals surface area contributed by atoms with Gasteiger partial charge in [-0.3, -0.25) is 9.69 Å². The van der Waals surface area contributed by atoms with E-state index in [0.29, 0.717) is 31.1 Å². The monoisotopic (exact) mass is 424 g/mol. The molecule has 2 amide bonds. The van der Waals surface area contributed by atoms with Crippen LogP contribution in [0.25, 0.3) is 0 Å². The molecule has 0 unspecified atom stereocenters. The van der Waals surface area contributed by atoms with Crippen molar-refractivity contribution >= 4 is 29.3 Å². The molecule has 0 saturated carbocycles. The summed E-state index contributed by atoms with van der Waals surface area (Å²) in [4.78, 5) is 29.3. The number of carbonyl (C=O) groups is 2. The number of likely N-dealkylation sites (tertiary alicyclic amines) is 1. The Morgan fingerprint density at radius 2 is 1.87 bits per heavy atom. The number of benzene rings is 2. The van der Waals surface area contributed by atoms with Gasteiger partial charge in [-0.25, -0.2) is 4.79 Å². The molecule has 2 aromatic carbocycles. The lowest BCUT2D eigenvalue weighted by atomic mass is 9.95. The number of aryl methyl sites for hydroxylation is 2. The van der Waals surface area contributed by atoms with Crippen LogP contribution in [0.4, 0.5) is 10.5 Å². The first-order chi connectivity index (χ1) is 14.5. The van der Waals surface area contributed by atoms with Crippen molar-refractivity contribution in [1.29, 1.82) is 0 Å². The van der Waals surface area contributed by atoms with Gasteiger partial charge >= 0.3 is 6.09 Å². The van der Waals surface area contributed by atoms with Crippen LogP contribution >= 0.6 is 11.6 Å². The maximum absolute atomic E-state index is 13.1. The summed E-state index contributed by atoms with van der Waals surface area (Å²) in [5, 5.41) is 0.591. The van der Waals surface area contributed by atoms with Crippen LogP contribution in [0.3, 0.4) is 0 Å². The maximum atomic E-state index is 13.1. The van der Waals surface area contributed by atoms with Gasteiger partial charge in [0.15, 0.2) is 0 Å². The van der Waals surface area contributed by atoms with Crippen LogP contribution < -0.4 is 4.90 Å². The van der Waals surface area contributed by atoms with Gasteiger partial charge in [0.05, 0.1) is 6.54 Å². The minimum Gasteiger partial charge on any atom is -0.441 e. The molecule has 156 valence electrons. The van der Waals surface area contributed by atoms with Gasteiger partial charge in [-0.1, -0.05) is 23.7 Å². The molecule has 2 aliphatic heterocycles. The van der Waals surface area contributed by atoms with Gasteiger partial charge < -0.3 is 9.64 Å². The second-order valence-electron chi connectivity index (χ2n) is 8.60. The van der Waals surface area contributed by atoms with E-state index in [4.69, 9.17) is 16.3 Å². The molecule has 0 bridgehead atoms. The van der Waals surface area contributed by atoms with E-state index in [1.807, 2.05) is 23.1 Å². The Morgan fingerprint density at radius 1 is 1.00 bits per heavy atom. The lowest BCUT2D eigenvalue weighted by Gasteiger charge is -2.25. The van der Waals surface area contributed by atoms with E-state index in [0.717, 1.165) is 36.9 Å². The number of halogens is 1. The number of amides is 2. The minimum absolute atomic E-state index is 0.0813. The van der Waals surface area contributed by atoms with Gasteiger partial charge in [0.2, 0.25) is 0 Å². The Labute approximate surface area is 181 Å². The second kappa shape index (κ2) is 7.62. The average Bonchev–Trinajstić information content (AvgIpc) is 3.27. The van der Waals surface area contributed by atoms with Crippen molar-refractivity contribution in [2.45, 2.75) is 44.1 Å². The van der Waals surface area contributed by atoms with Crippen LogP contribution in [-0.2, 0) is 17.6 Å². The van der Waals surface area contributed by atoms with Crippen molar-refractivity contribution in [3.8, 4) is 0 Å². The van der Waals surface area contributed by atoms with Crippen LogP contribution in [0.15, 0.2) is 42.5 Å². The Hall–Kier alpha value is -2.53. The second-order valence-corrected chi connectivity index (χ2v) is 9.04. The first-order valence-electron chi connectivity index (χ1n) is 10.7. The molecule has 1 atom stereocenters. The molecule has 1 spiro atoms. The fourth-order valence-electron chi connectivity index (χ4n) is 4.98. The highest BCUT2D eigenvalue weighted by Gasteiger charge is 2.46. The fraction of sp³-hybridized carbons (Fsp3) is 0.417. The zero-order valence-electron chi connectivity index (χ0n) is 16.9. The number of carbonyl (C=O) groups excluding carboxylic acids is 2. The standard InChI is InChI=1S/C24H25ClN2O3/c25-20-6-2-7-21(15-20)27-16-24(30-23(27)29)10-3-12-26(13-11-24)22(28)19-9-8-17-4-1-5-18(17)14-19/h2,6-9,14-15H,1,3-5,10-13,16H2/t24-/m0/s1. The van der Waals surface area contributed by atoms with E-state index in [1.54, 1.807) is 17.0 Å². The number of hydrogen-bond donors (Lipinski definition) is 0. The molecule has 5 rings (SSSR count). The van der Waals surface area contributed by atoms with Gasteiger partial charge in [0, 0.05) is 35.8 Å². The molecule has 6 heteroatoms. The fourth-order valence-corrected chi connectivity index (χ4v) is 5.17. The van der Waals surface area contributed by atoms with E-state index in [9.17, 15) is 9.59 Å². The largest absolute Gasteiger partial charge is 0.441 e. The van der Waals surface area contributed by atoms with Gasteiger partial charge in [0.25, 0.3) is 5.91 Å². The molecule has 0 radical (unpaired) electrons. The molecular weight excluding hydrogens is 400 g/mol. The number of rotatable bonds is 2. The third kappa shape index (κ3) is 3.56. The predicted molar refractivity (Wildman–Crippen MR) is 116 cm³/mol. The predicted octanol–water partition coefficient (Wildman–Crippen LogP) is 4.85. The van der Waals surface area contributed by atoms with Crippen molar-refractivity contribution in [2.24, 2.45) is 0 Å². The Morgan fingerprint density at radius 3 is 2.73 bits per heavy atom. The molecule has 2 aromatic rings. The Kier molecular flexibility index (Phi) is 4.94. The number of anilines is 1. The number of ether oxygens (including phenoxy) is 1. The summed E-state index contributed by atoms with van der Waals surface area (Å²) in [6, 6.07) is 13.4. The molecule has 1 aliphatic carbocycles. The summed E-state index contributed by atoms with van der Waals surface area (Å²) >= 11 is 6.10. The summed E-state index contributed by atoms with van der Waals surface area (Å²) in [6.07, 6.45) is 5.23. The van der Waals surface area contributed by atoms with Crippen LogP contribution in [-0.4, -0.2) is 42.1 Å². The molecule has 30 heavy (non-hydrogen) atoms. The highest BCUT2D eigenvalue weighted by Crippen LogP contribution is 2.36. The zero-order valence-corrected chi connectivity index (χ0v) is 17.7. The number of nitrogens with zero attached hydrogens (tertiary/aromatic N) is 2. The number of hydrogen-bond acceptors (Lipinski definition) is 3. The normalized spacial score (nSPS) is 23.4. The molecular formula is C24H25ClN2O3. The lowest BCUT2D eigenvalue weighted by molar-refractivity contribution is 0.0438. The van der Waals surface area contributed by atoms with Gasteiger partial charge in [-0.15, -0.1) is 0 Å². The van der Waals surface area contributed by atoms with Crippen LogP contribution in [0.1, 0.15) is 47.2 Å². The quantitative estimate of drug-likeness (QED) is 0.692. The summed E-state index contributed by atoms with van der Waals surface area (Å²) in [6.45, 7) is 1.77. The Bertz CT molecular complexity index is 1010. The van der Waals surface area contributed by atoms with Crippen molar-refractivity contribution in [3.05, 3.63) is 64.2 Å². The molecule has 2 fully saturated rings. The summed E-state index contributed by atoms with van der Waals surface area (Å²) in [5.74, 6) is 0.0813. The summed E-state index contributed by atoms with van der Waals surface area (Å²) in [5.41, 5.74) is 3.66. The highest BCUT2D eigenvalue weighted by molar-refractivity contribution is 6.30. The van der Waals surface area contributed by atoms with Crippen molar-refractivity contribution < 1.29 is 14.3 Å². The third-order valence-corrected chi connectivity index (χ3v) is 6.86. The molecule has 2 heterocycles. The van der Waals surface area contributed by atoms with Crippen molar-refractivity contribution in [1.82, 2.24) is 4.90 Å². The van der Waals surface area contributed by atoms with Crippen molar-refractivity contribution in [3.63, 3.8) is 0 Å². The zero-order chi connectivity index (χ0) is 20.7. The maximum Gasteiger partial charge on any atom is 0.415 e. The van der Waals surface area contributed by atoms with E-state index in [-0.39, 0.29) is 12.0 Å². The topological polar surface area (TPSA) is 49.9 Å². The SMILES string of the molecule is O=C(c1ccc2c(c1)CCC2)N1CCC[C@]2(CC1)CN(c1cccc(Cl)c1)C(=O)O2. The van der Waals surface area contributed by atoms with Crippen LogP contribution in [0.2, 0.25) is 5.02 Å². The smallest absolute Gasteiger partial charge is 0.415 e. The molecule has 2 saturated heterocycles. The molecule has 0 N–H and O–H groups in total. The van der Waals surface area contributed by atoms with Crippen LogP contribution in [0.5, 0.6) is 0 Å². The molecule has 3 aliphatic rings. The van der Waals surface area contributed by atoms with Gasteiger partial charge in [0.1, 0.15) is 5.60 Å². The average molecular weight is 425 g/mol. The minimum atomic E-state index is -0.549. The lowest BCUT2D eigenvalue weighted by Crippen LogP contribution is -2.37. The first kappa shape index (κ1) is 19.4. The highest BCUT2D eigenvalue weighted by atomic mass is 35.5. The summed E-state index contributed by atoms with van der Waals surface area (Å²) < 4.78 is 5.88. The van der Waals surface area contributed by atoms with E-state index in [2.05, 4.69) is 12.1 Å². The van der Waals surface area contributed by atoms with Crippen LogP contribution in [0, 0.1) is 0 Å². The summed E-state index contributed by atoms with van der Waals surface area (Å²) in [7, 11) is 0. The third-order valence-electron chi connectivity index (χ3n) is 6.62. The van der Waals surface area contributed by atoms with E-state index < -0.39 is 5.60 Å². The Balaban J connectivity index is 1.29. The number of fused-ring (bicyclic) bond motifs is 1. The van der Waals surface area contributed by atoms with Crippen molar-refractivity contribution in [2.75, 3.05) is 24.5 Å².